The second-order valence-electron chi connectivity index (χ2n) is 6.93. The SMILES string of the molecule is CCCCSc1nnc2c(n1)OC(c1c[nH]c3ccccc13)Nc1ccccc1-2. The van der Waals surface area contributed by atoms with Crippen molar-refractivity contribution in [2.75, 3.05) is 11.1 Å². The minimum Gasteiger partial charge on any atom is -0.448 e. The van der Waals surface area contributed by atoms with E-state index >= 15 is 0 Å². The van der Waals surface area contributed by atoms with Crippen LogP contribution >= 0.6 is 11.8 Å². The van der Waals surface area contributed by atoms with Gasteiger partial charge in [0.05, 0.1) is 0 Å². The molecule has 5 rings (SSSR count). The Hall–Kier alpha value is -3.06. The lowest BCUT2D eigenvalue weighted by Gasteiger charge is -2.18. The van der Waals surface area contributed by atoms with Crippen molar-refractivity contribution in [2.45, 2.75) is 31.1 Å². The van der Waals surface area contributed by atoms with Crippen LogP contribution in [0.2, 0.25) is 0 Å². The van der Waals surface area contributed by atoms with Crippen LogP contribution in [-0.4, -0.2) is 25.9 Å². The Kier molecular flexibility index (Phi) is 4.81. The van der Waals surface area contributed by atoms with E-state index in [1.807, 2.05) is 42.6 Å². The van der Waals surface area contributed by atoms with E-state index in [-0.39, 0.29) is 0 Å². The highest BCUT2D eigenvalue weighted by molar-refractivity contribution is 7.99. The van der Waals surface area contributed by atoms with Crippen LogP contribution in [0.4, 0.5) is 5.69 Å². The second kappa shape index (κ2) is 7.75. The van der Waals surface area contributed by atoms with E-state index in [0.717, 1.165) is 46.3 Å². The van der Waals surface area contributed by atoms with Gasteiger partial charge in [0.2, 0.25) is 11.0 Å². The molecule has 0 spiro atoms. The van der Waals surface area contributed by atoms with Crippen molar-refractivity contribution < 1.29 is 4.74 Å². The number of fused-ring (bicyclic) bond motifs is 4. The number of benzene rings is 2. The van der Waals surface area contributed by atoms with E-state index in [1.54, 1.807) is 11.8 Å². The van der Waals surface area contributed by atoms with Gasteiger partial charge >= 0.3 is 0 Å². The predicted molar refractivity (Wildman–Crippen MR) is 116 cm³/mol. The Balaban J connectivity index is 1.58. The number of hydrogen-bond donors (Lipinski definition) is 2. The first-order valence-electron chi connectivity index (χ1n) is 9.79. The highest BCUT2D eigenvalue weighted by Gasteiger charge is 2.27. The van der Waals surface area contributed by atoms with Crippen LogP contribution in [0.3, 0.4) is 0 Å². The van der Waals surface area contributed by atoms with E-state index < -0.39 is 6.23 Å². The van der Waals surface area contributed by atoms with E-state index in [2.05, 4.69) is 39.6 Å². The lowest BCUT2D eigenvalue weighted by atomic mass is 10.1. The number of nitrogens with one attached hydrogen (secondary N) is 2. The Morgan fingerprint density at radius 1 is 1.07 bits per heavy atom. The summed E-state index contributed by atoms with van der Waals surface area (Å²) in [6, 6.07) is 16.2. The standard InChI is InChI=1S/C22H21N5OS/c1-2-3-12-29-22-25-21-19(26-27-22)15-9-5-7-11-18(15)24-20(28-21)16-13-23-17-10-6-4-8-14(16)17/h4-11,13,20,23-24H,2-3,12H2,1H3. The van der Waals surface area contributed by atoms with Crippen LogP contribution in [0.25, 0.3) is 22.2 Å². The number of anilines is 1. The molecule has 1 atom stereocenters. The van der Waals surface area contributed by atoms with E-state index in [9.17, 15) is 0 Å². The van der Waals surface area contributed by atoms with Gasteiger partial charge in [0.15, 0.2) is 11.9 Å². The molecule has 146 valence electrons. The fraction of sp³-hybridized carbons (Fsp3) is 0.227. The van der Waals surface area contributed by atoms with Crippen molar-refractivity contribution in [1.29, 1.82) is 0 Å². The molecular formula is C22H21N5OS. The summed E-state index contributed by atoms with van der Waals surface area (Å²) in [4.78, 5) is 8.03. The molecule has 7 heteroatoms. The third-order valence-electron chi connectivity index (χ3n) is 4.97. The zero-order chi connectivity index (χ0) is 19.6. The van der Waals surface area contributed by atoms with Crippen LogP contribution in [0, 0.1) is 0 Å². The number of aromatic amines is 1. The molecule has 2 aromatic heterocycles. The molecule has 0 saturated heterocycles. The Morgan fingerprint density at radius 2 is 1.93 bits per heavy atom. The Bertz CT molecular complexity index is 1160. The first-order chi connectivity index (χ1) is 14.3. The van der Waals surface area contributed by atoms with Gasteiger partial charge in [0.1, 0.15) is 0 Å². The van der Waals surface area contributed by atoms with Crippen LogP contribution in [0.15, 0.2) is 59.9 Å². The molecule has 2 aromatic carbocycles. The summed E-state index contributed by atoms with van der Waals surface area (Å²) in [5, 5.41) is 14.1. The van der Waals surface area contributed by atoms with Gasteiger partial charge in [-0.2, -0.15) is 4.98 Å². The Morgan fingerprint density at radius 3 is 2.86 bits per heavy atom. The molecule has 1 unspecified atom stereocenters. The fourth-order valence-corrected chi connectivity index (χ4v) is 4.33. The van der Waals surface area contributed by atoms with Crippen LogP contribution in [0.1, 0.15) is 31.6 Å². The number of nitrogens with zero attached hydrogens (tertiary/aromatic N) is 3. The van der Waals surface area contributed by atoms with Gasteiger partial charge in [0, 0.05) is 39.7 Å². The van der Waals surface area contributed by atoms with Gasteiger partial charge in [-0.15, -0.1) is 10.2 Å². The van der Waals surface area contributed by atoms with Crippen LogP contribution in [-0.2, 0) is 0 Å². The highest BCUT2D eigenvalue weighted by atomic mass is 32.2. The minimum absolute atomic E-state index is 0.390. The molecule has 6 nitrogen and oxygen atoms in total. The topological polar surface area (TPSA) is 75.7 Å². The summed E-state index contributed by atoms with van der Waals surface area (Å²) in [6.07, 6.45) is 3.86. The summed E-state index contributed by atoms with van der Waals surface area (Å²) >= 11 is 1.62. The zero-order valence-electron chi connectivity index (χ0n) is 16.1. The zero-order valence-corrected chi connectivity index (χ0v) is 16.9. The van der Waals surface area contributed by atoms with Crippen LogP contribution in [0.5, 0.6) is 5.88 Å². The number of aromatic nitrogens is 4. The third kappa shape index (κ3) is 3.42. The highest BCUT2D eigenvalue weighted by Crippen LogP contribution is 2.40. The van der Waals surface area contributed by atoms with E-state index in [4.69, 9.17) is 9.72 Å². The van der Waals surface area contributed by atoms with Crippen molar-refractivity contribution in [1.82, 2.24) is 20.2 Å². The molecule has 0 amide bonds. The van der Waals surface area contributed by atoms with E-state index in [0.29, 0.717) is 16.7 Å². The van der Waals surface area contributed by atoms with Gasteiger partial charge in [-0.05, 0) is 18.6 Å². The number of para-hydroxylation sites is 2. The average Bonchev–Trinajstić information content (AvgIpc) is 3.11. The van der Waals surface area contributed by atoms with Gasteiger partial charge in [-0.3, -0.25) is 0 Å². The number of rotatable bonds is 5. The lowest BCUT2D eigenvalue weighted by molar-refractivity contribution is 0.226. The Labute approximate surface area is 173 Å². The summed E-state index contributed by atoms with van der Waals surface area (Å²) in [5.41, 5.74) is 4.65. The summed E-state index contributed by atoms with van der Waals surface area (Å²) in [5.74, 6) is 1.48. The van der Waals surface area contributed by atoms with Gasteiger partial charge < -0.3 is 15.0 Å². The van der Waals surface area contributed by atoms with Gasteiger partial charge in [0.25, 0.3) is 0 Å². The second-order valence-corrected chi connectivity index (χ2v) is 7.99. The van der Waals surface area contributed by atoms with Crippen LogP contribution < -0.4 is 10.1 Å². The summed E-state index contributed by atoms with van der Waals surface area (Å²) < 4.78 is 6.38. The molecule has 2 N–H and O–H groups in total. The number of hydrogen-bond acceptors (Lipinski definition) is 6. The average molecular weight is 404 g/mol. The smallest absolute Gasteiger partial charge is 0.247 e. The normalized spacial score (nSPS) is 15.1. The fourth-order valence-electron chi connectivity index (χ4n) is 3.47. The van der Waals surface area contributed by atoms with Gasteiger partial charge in [-0.25, -0.2) is 0 Å². The molecule has 0 bridgehead atoms. The molecule has 0 radical (unpaired) electrons. The molecule has 1 aliphatic rings. The first kappa shape index (κ1) is 18.0. The maximum absolute atomic E-state index is 6.38. The monoisotopic (exact) mass is 403 g/mol. The number of H-pyrrole nitrogens is 1. The molecule has 4 aromatic rings. The largest absolute Gasteiger partial charge is 0.448 e. The van der Waals surface area contributed by atoms with Crippen molar-refractivity contribution in [3.05, 3.63) is 60.3 Å². The summed E-state index contributed by atoms with van der Waals surface area (Å²) in [6.45, 7) is 2.17. The maximum atomic E-state index is 6.38. The van der Waals surface area contributed by atoms with Gasteiger partial charge in [-0.1, -0.05) is 61.5 Å². The van der Waals surface area contributed by atoms with E-state index in [1.165, 1.54) is 0 Å². The van der Waals surface area contributed by atoms with Crippen molar-refractivity contribution >= 4 is 28.4 Å². The quantitative estimate of drug-likeness (QED) is 0.342. The first-order valence-corrected chi connectivity index (χ1v) is 10.8. The lowest BCUT2D eigenvalue weighted by Crippen LogP contribution is -2.16. The molecule has 0 aliphatic carbocycles. The molecule has 29 heavy (non-hydrogen) atoms. The number of thioether (sulfide) groups is 1. The molecule has 1 aliphatic heterocycles. The van der Waals surface area contributed by atoms with Crippen molar-refractivity contribution in [3.8, 4) is 17.1 Å². The summed E-state index contributed by atoms with van der Waals surface area (Å²) in [7, 11) is 0. The maximum Gasteiger partial charge on any atom is 0.247 e. The number of ether oxygens (including phenoxy) is 1. The number of unbranched alkanes of at least 4 members (excludes halogenated alkanes) is 1. The third-order valence-corrected chi connectivity index (χ3v) is 5.89. The molecular weight excluding hydrogens is 382 g/mol. The van der Waals surface area contributed by atoms with Crippen molar-refractivity contribution in [2.24, 2.45) is 0 Å². The molecule has 0 fully saturated rings. The molecule has 0 saturated carbocycles. The molecule has 3 heterocycles. The van der Waals surface area contributed by atoms with Crippen molar-refractivity contribution in [3.63, 3.8) is 0 Å². The predicted octanol–water partition coefficient (Wildman–Crippen LogP) is 5.42. The minimum atomic E-state index is -0.390.